The highest BCUT2D eigenvalue weighted by molar-refractivity contribution is 6.55. The molecule has 0 aliphatic carbocycles. The van der Waals surface area contributed by atoms with E-state index >= 15 is 0 Å². The van der Waals surface area contributed by atoms with Gasteiger partial charge in [0.15, 0.2) is 5.75 Å². The van der Waals surface area contributed by atoms with Crippen LogP contribution in [0.15, 0.2) is 27.9 Å². The zero-order valence-corrected chi connectivity index (χ0v) is 20.6. The van der Waals surface area contributed by atoms with E-state index in [1.807, 2.05) is 20.8 Å². The molecule has 0 atom stereocenters. The Labute approximate surface area is 199 Å². The molecule has 0 amide bonds. The summed E-state index contributed by atoms with van der Waals surface area (Å²) in [6.45, 7) is 7.91. The smallest absolute Gasteiger partial charge is 0.156 e. The summed E-state index contributed by atoms with van der Waals surface area (Å²) >= 11 is 23.6. The maximum Gasteiger partial charge on any atom is 0.156 e. The predicted octanol–water partition coefficient (Wildman–Crippen LogP) is 7.45. The molecular weight excluding hydrogens is 472 g/mol. The summed E-state index contributed by atoms with van der Waals surface area (Å²) in [5, 5.41) is 4.68. The Morgan fingerprint density at radius 1 is 0.967 bits per heavy atom. The van der Waals surface area contributed by atoms with E-state index in [0.717, 1.165) is 25.7 Å². The topological polar surface area (TPSA) is 49.3 Å². The molecule has 0 aliphatic rings. The van der Waals surface area contributed by atoms with Crippen molar-refractivity contribution >= 4 is 52.6 Å². The van der Waals surface area contributed by atoms with Gasteiger partial charge in [-0.3, -0.25) is 0 Å². The van der Waals surface area contributed by atoms with E-state index in [1.165, 1.54) is 6.08 Å². The van der Waals surface area contributed by atoms with Crippen molar-refractivity contribution in [3.63, 3.8) is 0 Å². The lowest BCUT2D eigenvalue weighted by atomic mass is 10.2. The Morgan fingerprint density at radius 2 is 1.63 bits per heavy atom. The minimum Gasteiger partial charge on any atom is -0.490 e. The van der Waals surface area contributed by atoms with Gasteiger partial charge in [0, 0.05) is 31.4 Å². The molecule has 0 spiro atoms. The van der Waals surface area contributed by atoms with Crippen molar-refractivity contribution in [2.24, 2.45) is 5.16 Å². The van der Waals surface area contributed by atoms with Gasteiger partial charge in [-0.15, -0.1) is 0 Å². The molecule has 1 rings (SSSR count). The van der Waals surface area contributed by atoms with Crippen LogP contribution in [0, 0.1) is 0 Å². The van der Waals surface area contributed by atoms with Crippen molar-refractivity contribution in [2.75, 3.05) is 26.4 Å². The van der Waals surface area contributed by atoms with Gasteiger partial charge >= 0.3 is 0 Å². The van der Waals surface area contributed by atoms with Crippen LogP contribution < -0.4 is 9.47 Å². The van der Waals surface area contributed by atoms with Crippen LogP contribution in [0.25, 0.3) is 0 Å². The molecule has 30 heavy (non-hydrogen) atoms. The number of ether oxygens (including phenoxy) is 3. The largest absolute Gasteiger partial charge is 0.490 e. The fourth-order valence-electron chi connectivity index (χ4n) is 2.10. The first kappa shape index (κ1) is 27.2. The van der Waals surface area contributed by atoms with Crippen LogP contribution in [0.3, 0.4) is 0 Å². The standard InChI is InChI=1S/C21H29Cl4NO4/c1-21(2,3)30-26-9-7-11-27-10-5-4-6-12-29-20-17(22)14-16(15-18(20)23)28-13-8-19(24)25/h8-9,14-15H,4-7,10-13H2,1-3H3/b26-9+. The molecule has 0 aromatic heterocycles. The van der Waals surface area contributed by atoms with Gasteiger partial charge in [0.2, 0.25) is 0 Å². The highest BCUT2D eigenvalue weighted by atomic mass is 35.5. The van der Waals surface area contributed by atoms with Crippen molar-refractivity contribution in [1.82, 2.24) is 0 Å². The molecule has 0 radical (unpaired) electrons. The molecule has 0 unspecified atom stereocenters. The molecule has 9 heteroatoms. The third-order valence-corrected chi connectivity index (χ3v) is 4.30. The SMILES string of the molecule is CC(C)(C)O/N=C/CCOCCCCCOc1c(Cl)cc(OCC=C(Cl)Cl)cc1Cl. The summed E-state index contributed by atoms with van der Waals surface area (Å²) in [6, 6.07) is 3.28. The molecule has 1 aromatic rings. The number of hydrogen-bond donors (Lipinski definition) is 0. The average Bonchev–Trinajstić information content (AvgIpc) is 2.63. The first-order valence-electron chi connectivity index (χ1n) is 9.72. The van der Waals surface area contributed by atoms with Crippen LogP contribution in [0.4, 0.5) is 0 Å². The van der Waals surface area contributed by atoms with E-state index in [1.54, 1.807) is 18.3 Å². The number of halogens is 4. The Hall–Kier alpha value is -0.850. The van der Waals surface area contributed by atoms with E-state index < -0.39 is 0 Å². The molecule has 1 aromatic carbocycles. The first-order chi connectivity index (χ1) is 14.2. The average molecular weight is 501 g/mol. The van der Waals surface area contributed by atoms with E-state index in [9.17, 15) is 0 Å². The minimum atomic E-state index is -0.264. The predicted molar refractivity (Wildman–Crippen MR) is 126 cm³/mol. The number of hydrogen-bond acceptors (Lipinski definition) is 5. The molecule has 170 valence electrons. The summed E-state index contributed by atoms with van der Waals surface area (Å²) < 4.78 is 16.9. The van der Waals surface area contributed by atoms with E-state index in [0.29, 0.717) is 41.4 Å². The van der Waals surface area contributed by atoms with Gasteiger partial charge in [0.25, 0.3) is 0 Å². The zero-order chi connectivity index (χ0) is 22.4. The molecule has 0 saturated carbocycles. The maximum absolute atomic E-state index is 6.24. The van der Waals surface area contributed by atoms with Gasteiger partial charge < -0.3 is 19.0 Å². The van der Waals surface area contributed by atoms with Gasteiger partial charge in [0.1, 0.15) is 22.4 Å². The Morgan fingerprint density at radius 3 is 2.27 bits per heavy atom. The van der Waals surface area contributed by atoms with Crippen LogP contribution in [-0.4, -0.2) is 38.2 Å². The van der Waals surface area contributed by atoms with Crippen LogP contribution in [-0.2, 0) is 9.57 Å². The normalized spacial score (nSPS) is 11.6. The number of unbranched alkanes of at least 4 members (excludes halogenated alkanes) is 2. The zero-order valence-electron chi connectivity index (χ0n) is 17.6. The lowest BCUT2D eigenvalue weighted by Gasteiger charge is -2.14. The lowest BCUT2D eigenvalue weighted by Crippen LogP contribution is -2.15. The highest BCUT2D eigenvalue weighted by Crippen LogP contribution is 2.37. The molecule has 5 nitrogen and oxygen atoms in total. The van der Waals surface area contributed by atoms with Crippen molar-refractivity contribution < 1.29 is 19.0 Å². The van der Waals surface area contributed by atoms with E-state index in [4.69, 9.17) is 65.5 Å². The van der Waals surface area contributed by atoms with Gasteiger partial charge in [-0.1, -0.05) is 51.6 Å². The molecule has 0 heterocycles. The quantitative estimate of drug-likeness (QED) is 0.151. The Balaban J connectivity index is 2.16. The Bertz CT molecular complexity index is 663. The fourth-order valence-corrected chi connectivity index (χ4v) is 2.80. The molecule has 0 bridgehead atoms. The van der Waals surface area contributed by atoms with Crippen LogP contribution in [0.5, 0.6) is 11.5 Å². The number of benzene rings is 1. The summed E-state index contributed by atoms with van der Waals surface area (Å²) in [5.74, 6) is 0.958. The van der Waals surface area contributed by atoms with Gasteiger partial charge in [-0.05, 0) is 46.1 Å². The number of rotatable bonds is 14. The monoisotopic (exact) mass is 499 g/mol. The summed E-state index contributed by atoms with van der Waals surface area (Å²) in [7, 11) is 0. The van der Waals surface area contributed by atoms with Crippen LogP contribution in [0.1, 0.15) is 46.5 Å². The first-order valence-corrected chi connectivity index (χ1v) is 11.2. The third kappa shape index (κ3) is 13.5. The van der Waals surface area contributed by atoms with Gasteiger partial charge in [-0.2, -0.15) is 0 Å². The molecule has 0 saturated heterocycles. The van der Waals surface area contributed by atoms with E-state index in [-0.39, 0.29) is 16.7 Å². The summed E-state index contributed by atoms with van der Waals surface area (Å²) in [5.41, 5.74) is -0.264. The second-order valence-electron chi connectivity index (χ2n) is 7.32. The molecular formula is C21H29Cl4NO4. The van der Waals surface area contributed by atoms with Crippen molar-refractivity contribution in [3.05, 3.63) is 32.7 Å². The molecule has 0 fully saturated rings. The second kappa shape index (κ2) is 15.0. The fraction of sp³-hybridized carbons (Fsp3) is 0.571. The highest BCUT2D eigenvalue weighted by Gasteiger charge is 2.11. The van der Waals surface area contributed by atoms with Gasteiger partial charge in [-0.25, -0.2) is 0 Å². The number of oxime groups is 1. The number of nitrogens with zero attached hydrogens (tertiary/aromatic N) is 1. The molecule has 0 N–H and O–H groups in total. The second-order valence-corrected chi connectivity index (χ2v) is 9.14. The van der Waals surface area contributed by atoms with Crippen molar-refractivity contribution in [3.8, 4) is 11.5 Å². The van der Waals surface area contributed by atoms with E-state index in [2.05, 4.69) is 5.16 Å². The third-order valence-electron chi connectivity index (χ3n) is 3.43. The lowest BCUT2D eigenvalue weighted by molar-refractivity contribution is 0.00128. The van der Waals surface area contributed by atoms with Crippen molar-refractivity contribution in [2.45, 2.75) is 52.1 Å². The minimum absolute atomic E-state index is 0.136. The maximum atomic E-state index is 6.24. The van der Waals surface area contributed by atoms with Gasteiger partial charge in [0.05, 0.1) is 23.3 Å². The molecule has 0 aliphatic heterocycles. The van der Waals surface area contributed by atoms with Crippen LogP contribution >= 0.6 is 46.4 Å². The van der Waals surface area contributed by atoms with Crippen molar-refractivity contribution in [1.29, 1.82) is 0 Å². The Kier molecular flexibility index (Phi) is 13.6. The van der Waals surface area contributed by atoms with Crippen LogP contribution in [0.2, 0.25) is 10.0 Å². The summed E-state index contributed by atoms with van der Waals surface area (Å²) in [4.78, 5) is 5.25. The summed E-state index contributed by atoms with van der Waals surface area (Å²) in [6.07, 6.45) is 6.77.